The van der Waals surface area contributed by atoms with Crippen LogP contribution in [0.25, 0.3) is 0 Å². The first-order valence-corrected chi connectivity index (χ1v) is 15.3. The first-order chi connectivity index (χ1) is 19.8. The van der Waals surface area contributed by atoms with Crippen LogP contribution in [-0.2, 0) is 26.2 Å². The molecule has 0 bridgehead atoms. The van der Waals surface area contributed by atoms with E-state index in [2.05, 4.69) is 5.32 Å². The number of hydrogen-bond donors (Lipinski definition) is 1. The summed E-state index contributed by atoms with van der Waals surface area (Å²) in [5.41, 5.74) is 1.80. The minimum atomic E-state index is -4.29. The minimum absolute atomic E-state index is 0.0133. The molecule has 0 aliphatic carbocycles. The molecule has 0 aliphatic rings. The van der Waals surface area contributed by atoms with Gasteiger partial charge in [-0.1, -0.05) is 47.0 Å². The van der Waals surface area contributed by atoms with E-state index in [9.17, 15) is 18.0 Å². The molecule has 9 nitrogen and oxygen atoms in total. The molecule has 3 aromatic carbocycles. The van der Waals surface area contributed by atoms with Gasteiger partial charge in [0.25, 0.3) is 10.0 Å². The van der Waals surface area contributed by atoms with Crippen molar-refractivity contribution in [1.82, 2.24) is 10.2 Å². The maximum Gasteiger partial charge on any atom is 0.264 e. The van der Waals surface area contributed by atoms with Crippen molar-refractivity contribution in [2.75, 3.05) is 25.1 Å². The number of sulfonamides is 1. The second kappa shape index (κ2) is 14.1. The van der Waals surface area contributed by atoms with Crippen molar-refractivity contribution in [1.29, 1.82) is 0 Å². The van der Waals surface area contributed by atoms with Crippen LogP contribution < -0.4 is 19.1 Å². The van der Waals surface area contributed by atoms with E-state index in [-0.39, 0.29) is 39.8 Å². The van der Waals surface area contributed by atoms with Gasteiger partial charge in [0, 0.05) is 18.7 Å². The predicted octanol–water partition coefficient (Wildman–Crippen LogP) is 5.46. The summed E-state index contributed by atoms with van der Waals surface area (Å²) < 4.78 is 39.8. The van der Waals surface area contributed by atoms with Gasteiger partial charge < -0.3 is 19.7 Å². The molecule has 226 valence electrons. The number of rotatable bonds is 12. The van der Waals surface area contributed by atoms with E-state index in [1.165, 1.54) is 37.3 Å². The van der Waals surface area contributed by atoms with Crippen LogP contribution in [0, 0.1) is 6.92 Å². The Morgan fingerprint density at radius 2 is 1.52 bits per heavy atom. The smallest absolute Gasteiger partial charge is 0.264 e. The van der Waals surface area contributed by atoms with Crippen molar-refractivity contribution < 1.29 is 27.5 Å². The number of aryl methyl sites for hydroxylation is 1. The number of nitrogens with zero attached hydrogens (tertiary/aromatic N) is 2. The third-order valence-corrected chi connectivity index (χ3v) is 8.99. The molecule has 1 atom stereocenters. The summed E-state index contributed by atoms with van der Waals surface area (Å²) in [7, 11) is -1.44. The number of benzene rings is 3. The molecular weight excluding hydrogens is 601 g/mol. The fraction of sp³-hybridized carbons (Fsp3) is 0.333. The lowest BCUT2D eigenvalue weighted by atomic mass is 10.1. The Balaban J connectivity index is 2.08. The highest BCUT2D eigenvalue weighted by Crippen LogP contribution is 2.32. The molecule has 0 aromatic heterocycles. The molecule has 2 amide bonds. The van der Waals surface area contributed by atoms with Crippen LogP contribution in [0.2, 0.25) is 10.0 Å². The number of amides is 2. The van der Waals surface area contributed by atoms with Crippen molar-refractivity contribution in [3.63, 3.8) is 0 Å². The highest BCUT2D eigenvalue weighted by atomic mass is 35.5. The summed E-state index contributed by atoms with van der Waals surface area (Å²) >= 11 is 12.3. The van der Waals surface area contributed by atoms with Crippen LogP contribution >= 0.6 is 23.2 Å². The number of carbonyl (C=O) groups is 2. The summed E-state index contributed by atoms with van der Waals surface area (Å²) in [6, 6.07) is 14.8. The second-order valence-electron chi connectivity index (χ2n) is 9.97. The van der Waals surface area contributed by atoms with Gasteiger partial charge in [-0.25, -0.2) is 8.42 Å². The Hall–Kier alpha value is -3.47. The average Bonchev–Trinajstić information content (AvgIpc) is 2.95. The summed E-state index contributed by atoms with van der Waals surface area (Å²) in [5.74, 6) is -0.415. The van der Waals surface area contributed by atoms with E-state index in [1.807, 2.05) is 20.8 Å². The van der Waals surface area contributed by atoms with E-state index in [1.54, 1.807) is 49.4 Å². The van der Waals surface area contributed by atoms with Crippen LogP contribution in [0.15, 0.2) is 65.6 Å². The molecule has 1 N–H and O–H groups in total. The fourth-order valence-electron chi connectivity index (χ4n) is 4.17. The standard InChI is InChI=1S/C30H35Cl2N3O6S/c1-19(2)33-30(37)21(4)34(17-22-9-13-25(31)26(32)15-22)29(36)18-35(23-10-7-20(3)8-11-23)42(38,39)24-12-14-27(40-5)28(16-24)41-6/h7-16,19,21H,17-18H2,1-6H3,(H,33,37)/t21-/m1/s1. The summed E-state index contributed by atoms with van der Waals surface area (Å²) in [6.45, 7) is 6.48. The van der Waals surface area contributed by atoms with Crippen LogP contribution in [0.4, 0.5) is 5.69 Å². The zero-order valence-corrected chi connectivity index (χ0v) is 26.7. The van der Waals surface area contributed by atoms with Crippen LogP contribution in [0.3, 0.4) is 0 Å². The molecule has 0 unspecified atom stereocenters. The van der Waals surface area contributed by atoms with E-state index >= 15 is 0 Å². The van der Waals surface area contributed by atoms with Crippen molar-refractivity contribution in [2.24, 2.45) is 0 Å². The Morgan fingerprint density at radius 1 is 0.881 bits per heavy atom. The topological polar surface area (TPSA) is 105 Å². The monoisotopic (exact) mass is 635 g/mol. The van der Waals surface area contributed by atoms with Gasteiger partial charge in [0.15, 0.2) is 11.5 Å². The van der Waals surface area contributed by atoms with Gasteiger partial charge in [-0.3, -0.25) is 13.9 Å². The SMILES string of the molecule is COc1ccc(S(=O)(=O)N(CC(=O)N(Cc2ccc(Cl)c(Cl)c2)[C@H](C)C(=O)NC(C)C)c2ccc(C)cc2)cc1OC. The fourth-order valence-corrected chi connectivity index (χ4v) is 5.92. The third-order valence-electron chi connectivity index (χ3n) is 6.48. The molecule has 0 fully saturated rings. The summed E-state index contributed by atoms with van der Waals surface area (Å²) in [5, 5.41) is 3.45. The van der Waals surface area contributed by atoms with Crippen LogP contribution in [0.1, 0.15) is 31.9 Å². The molecule has 0 heterocycles. The quantitative estimate of drug-likeness (QED) is 0.283. The lowest BCUT2D eigenvalue weighted by molar-refractivity contribution is -0.139. The zero-order chi connectivity index (χ0) is 31.2. The number of carbonyl (C=O) groups excluding carboxylic acids is 2. The van der Waals surface area contributed by atoms with Crippen molar-refractivity contribution in [2.45, 2.75) is 51.2 Å². The van der Waals surface area contributed by atoms with E-state index in [0.717, 1.165) is 9.87 Å². The second-order valence-corrected chi connectivity index (χ2v) is 12.7. The van der Waals surface area contributed by atoms with Gasteiger partial charge in [-0.05, 0) is 69.7 Å². The first-order valence-electron chi connectivity index (χ1n) is 13.1. The molecule has 0 radical (unpaired) electrons. The Morgan fingerprint density at radius 3 is 2.10 bits per heavy atom. The van der Waals surface area contributed by atoms with Crippen LogP contribution in [-0.4, -0.2) is 58.0 Å². The molecular formula is C30H35Cl2N3O6S. The molecule has 12 heteroatoms. The molecule has 0 saturated carbocycles. The lowest BCUT2D eigenvalue weighted by Crippen LogP contribution is -2.52. The summed E-state index contributed by atoms with van der Waals surface area (Å²) in [4.78, 5) is 28.3. The first kappa shape index (κ1) is 33.0. The van der Waals surface area contributed by atoms with Gasteiger partial charge in [-0.15, -0.1) is 0 Å². The molecule has 3 rings (SSSR count). The minimum Gasteiger partial charge on any atom is -0.493 e. The lowest BCUT2D eigenvalue weighted by Gasteiger charge is -2.32. The highest BCUT2D eigenvalue weighted by Gasteiger charge is 2.33. The predicted molar refractivity (Wildman–Crippen MR) is 165 cm³/mol. The number of halogens is 2. The Bertz CT molecular complexity index is 1530. The van der Waals surface area contributed by atoms with Crippen molar-refractivity contribution in [3.8, 4) is 11.5 Å². The van der Waals surface area contributed by atoms with Gasteiger partial charge in [0.05, 0.1) is 34.8 Å². The number of ether oxygens (including phenoxy) is 2. The molecule has 42 heavy (non-hydrogen) atoms. The number of hydrogen-bond acceptors (Lipinski definition) is 6. The molecule has 0 aliphatic heterocycles. The molecule has 3 aromatic rings. The summed E-state index contributed by atoms with van der Waals surface area (Å²) in [6.07, 6.45) is 0. The number of anilines is 1. The number of methoxy groups -OCH3 is 2. The third kappa shape index (κ3) is 7.87. The average molecular weight is 637 g/mol. The maximum absolute atomic E-state index is 14.1. The Labute approximate surface area is 257 Å². The van der Waals surface area contributed by atoms with Gasteiger partial charge in [-0.2, -0.15) is 0 Å². The Kier molecular flexibility index (Phi) is 11.1. The van der Waals surface area contributed by atoms with Gasteiger partial charge >= 0.3 is 0 Å². The van der Waals surface area contributed by atoms with E-state index in [0.29, 0.717) is 16.3 Å². The maximum atomic E-state index is 14.1. The van der Waals surface area contributed by atoms with Crippen LogP contribution in [0.5, 0.6) is 11.5 Å². The van der Waals surface area contributed by atoms with Gasteiger partial charge in [0.2, 0.25) is 11.8 Å². The highest BCUT2D eigenvalue weighted by molar-refractivity contribution is 7.92. The van der Waals surface area contributed by atoms with E-state index < -0.39 is 28.5 Å². The van der Waals surface area contributed by atoms with Crippen molar-refractivity contribution in [3.05, 3.63) is 81.8 Å². The van der Waals surface area contributed by atoms with Crippen molar-refractivity contribution >= 4 is 50.7 Å². The normalized spacial score (nSPS) is 12.0. The largest absolute Gasteiger partial charge is 0.493 e. The molecule has 0 saturated heterocycles. The zero-order valence-electron chi connectivity index (χ0n) is 24.4. The molecule has 0 spiro atoms. The number of nitrogens with one attached hydrogen (secondary N) is 1. The van der Waals surface area contributed by atoms with E-state index in [4.69, 9.17) is 32.7 Å². The van der Waals surface area contributed by atoms with Gasteiger partial charge in [0.1, 0.15) is 12.6 Å².